The zero-order valence-corrected chi connectivity index (χ0v) is 11.4. The number of carboxylic acid groups (broad SMARTS) is 1. The first-order valence-electron chi connectivity index (χ1n) is 5.79. The SMILES string of the molecule is CCC(C(=O)O)c1sc(-c2ccc(C)o2)nc1C. The molecule has 1 N–H and O–H groups in total. The lowest BCUT2D eigenvalue weighted by Crippen LogP contribution is -2.09. The van der Waals surface area contributed by atoms with Crippen LogP contribution in [0.15, 0.2) is 16.5 Å². The highest BCUT2D eigenvalue weighted by Gasteiger charge is 2.24. The van der Waals surface area contributed by atoms with Crippen molar-refractivity contribution in [2.24, 2.45) is 0 Å². The first-order chi connectivity index (χ1) is 8.52. The van der Waals surface area contributed by atoms with Crippen LogP contribution in [0, 0.1) is 13.8 Å². The molecule has 2 aromatic rings. The second kappa shape index (κ2) is 4.94. The van der Waals surface area contributed by atoms with E-state index in [1.54, 1.807) is 0 Å². The van der Waals surface area contributed by atoms with Gasteiger partial charge in [-0.2, -0.15) is 0 Å². The molecule has 2 aromatic heterocycles. The van der Waals surface area contributed by atoms with Crippen molar-refractivity contribution in [2.45, 2.75) is 33.1 Å². The lowest BCUT2D eigenvalue weighted by molar-refractivity contribution is -0.138. The first kappa shape index (κ1) is 12.8. The molecule has 0 aliphatic carbocycles. The van der Waals surface area contributed by atoms with E-state index in [4.69, 9.17) is 4.42 Å². The quantitative estimate of drug-likeness (QED) is 0.917. The molecule has 0 spiro atoms. The number of rotatable bonds is 4. The molecule has 2 heterocycles. The van der Waals surface area contributed by atoms with Crippen LogP contribution in [0.2, 0.25) is 0 Å². The van der Waals surface area contributed by atoms with E-state index in [9.17, 15) is 9.90 Å². The van der Waals surface area contributed by atoms with Gasteiger partial charge >= 0.3 is 5.97 Å². The molecule has 0 aliphatic heterocycles. The monoisotopic (exact) mass is 265 g/mol. The van der Waals surface area contributed by atoms with Crippen LogP contribution in [0.3, 0.4) is 0 Å². The third-order valence-corrected chi connectivity index (χ3v) is 4.09. The van der Waals surface area contributed by atoms with Gasteiger partial charge in [0.1, 0.15) is 5.76 Å². The van der Waals surface area contributed by atoms with Crippen LogP contribution in [0.4, 0.5) is 0 Å². The van der Waals surface area contributed by atoms with Crippen molar-refractivity contribution >= 4 is 17.3 Å². The summed E-state index contributed by atoms with van der Waals surface area (Å²) in [5, 5.41) is 9.94. The van der Waals surface area contributed by atoms with Crippen LogP contribution in [0.5, 0.6) is 0 Å². The highest BCUT2D eigenvalue weighted by atomic mass is 32.1. The number of aromatic nitrogens is 1. The molecule has 0 bridgehead atoms. The Morgan fingerprint density at radius 2 is 2.22 bits per heavy atom. The summed E-state index contributed by atoms with van der Waals surface area (Å²) in [5.41, 5.74) is 0.776. The summed E-state index contributed by atoms with van der Waals surface area (Å²) in [5.74, 6) is 0.246. The molecule has 5 heteroatoms. The van der Waals surface area contributed by atoms with Gasteiger partial charge in [0, 0.05) is 4.88 Å². The molecule has 96 valence electrons. The highest BCUT2D eigenvalue weighted by molar-refractivity contribution is 7.15. The van der Waals surface area contributed by atoms with Gasteiger partial charge in [-0.1, -0.05) is 6.92 Å². The zero-order valence-electron chi connectivity index (χ0n) is 10.6. The molecule has 0 aromatic carbocycles. The summed E-state index contributed by atoms with van der Waals surface area (Å²) in [6.07, 6.45) is 0.564. The smallest absolute Gasteiger partial charge is 0.311 e. The molecule has 4 nitrogen and oxygen atoms in total. The Balaban J connectivity index is 2.40. The number of nitrogens with zero attached hydrogens (tertiary/aromatic N) is 1. The number of furan rings is 1. The Kier molecular flexibility index (Phi) is 3.52. The van der Waals surface area contributed by atoms with Crippen LogP contribution in [0.25, 0.3) is 10.8 Å². The first-order valence-corrected chi connectivity index (χ1v) is 6.61. The number of aryl methyl sites for hydroxylation is 2. The van der Waals surface area contributed by atoms with Gasteiger partial charge in [0.25, 0.3) is 0 Å². The molecular weight excluding hydrogens is 250 g/mol. The Hall–Kier alpha value is -1.62. The molecule has 1 unspecified atom stereocenters. The average Bonchev–Trinajstić information content (AvgIpc) is 2.87. The van der Waals surface area contributed by atoms with E-state index < -0.39 is 11.9 Å². The summed E-state index contributed by atoms with van der Waals surface area (Å²) in [6, 6.07) is 3.74. The molecule has 0 fully saturated rings. The topological polar surface area (TPSA) is 63.3 Å². The number of hydrogen-bond donors (Lipinski definition) is 1. The van der Waals surface area contributed by atoms with E-state index in [0.717, 1.165) is 21.3 Å². The van der Waals surface area contributed by atoms with Crippen LogP contribution in [-0.2, 0) is 4.79 Å². The third kappa shape index (κ3) is 2.31. The van der Waals surface area contributed by atoms with Gasteiger partial charge < -0.3 is 9.52 Å². The van der Waals surface area contributed by atoms with Gasteiger partial charge in [-0.05, 0) is 32.4 Å². The average molecular weight is 265 g/mol. The predicted octanol–water partition coefficient (Wildman–Crippen LogP) is 3.60. The summed E-state index contributed by atoms with van der Waals surface area (Å²) in [7, 11) is 0. The molecule has 2 rings (SSSR count). The summed E-state index contributed by atoms with van der Waals surface area (Å²) in [4.78, 5) is 16.4. The minimum Gasteiger partial charge on any atom is -0.481 e. The normalized spacial score (nSPS) is 12.6. The minimum absolute atomic E-state index is 0.479. The van der Waals surface area contributed by atoms with E-state index in [-0.39, 0.29) is 0 Å². The second-order valence-corrected chi connectivity index (χ2v) is 5.21. The Labute approximate surface area is 109 Å². The van der Waals surface area contributed by atoms with Crippen molar-refractivity contribution in [1.82, 2.24) is 4.98 Å². The highest BCUT2D eigenvalue weighted by Crippen LogP contribution is 2.34. The minimum atomic E-state index is -0.800. The van der Waals surface area contributed by atoms with Crippen LogP contribution in [-0.4, -0.2) is 16.1 Å². The number of thiazole rings is 1. The van der Waals surface area contributed by atoms with Gasteiger partial charge in [0.05, 0.1) is 11.6 Å². The summed E-state index contributed by atoms with van der Waals surface area (Å²) < 4.78 is 5.51. The molecule has 0 saturated heterocycles. The Bertz CT molecular complexity index is 571. The fraction of sp³-hybridized carbons (Fsp3) is 0.385. The van der Waals surface area contributed by atoms with E-state index in [1.807, 2.05) is 32.9 Å². The van der Waals surface area contributed by atoms with Crippen LogP contribution in [0.1, 0.15) is 35.6 Å². The maximum atomic E-state index is 11.2. The second-order valence-electron chi connectivity index (χ2n) is 4.18. The molecule has 1 atom stereocenters. The van der Waals surface area contributed by atoms with Crippen molar-refractivity contribution in [3.05, 3.63) is 28.5 Å². The summed E-state index contributed by atoms with van der Waals surface area (Å²) in [6.45, 7) is 5.59. The predicted molar refractivity (Wildman–Crippen MR) is 70.0 cm³/mol. The summed E-state index contributed by atoms with van der Waals surface area (Å²) >= 11 is 1.40. The van der Waals surface area contributed by atoms with Crippen LogP contribution >= 0.6 is 11.3 Å². The lowest BCUT2D eigenvalue weighted by Gasteiger charge is -2.06. The van der Waals surface area contributed by atoms with Gasteiger partial charge in [0.15, 0.2) is 10.8 Å². The van der Waals surface area contributed by atoms with Crippen molar-refractivity contribution in [1.29, 1.82) is 0 Å². The Morgan fingerprint density at radius 3 is 2.72 bits per heavy atom. The number of carbonyl (C=O) groups is 1. The van der Waals surface area contributed by atoms with Gasteiger partial charge in [-0.25, -0.2) is 4.98 Å². The zero-order chi connectivity index (χ0) is 13.3. The van der Waals surface area contributed by atoms with E-state index >= 15 is 0 Å². The number of aliphatic carboxylic acids is 1. The van der Waals surface area contributed by atoms with Gasteiger partial charge in [0.2, 0.25) is 0 Å². The molecule has 0 radical (unpaired) electrons. The van der Waals surface area contributed by atoms with E-state index in [0.29, 0.717) is 12.2 Å². The maximum Gasteiger partial charge on any atom is 0.311 e. The molecule has 0 saturated carbocycles. The largest absolute Gasteiger partial charge is 0.481 e. The van der Waals surface area contributed by atoms with Crippen molar-refractivity contribution in [3.8, 4) is 10.8 Å². The van der Waals surface area contributed by atoms with Crippen molar-refractivity contribution < 1.29 is 14.3 Å². The van der Waals surface area contributed by atoms with E-state index in [1.165, 1.54) is 11.3 Å². The molecule has 18 heavy (non-hydrogen) atoms. The standard InChI is InChI=1S/C13H15NO3S/c1-4-9(13(15)16)11-8(3)14-12(18-11)10-6-5-7(2)17-10/h5-6,9H,4H2,1-3H3,(H,15,16). The number of carboxylic acids is 1. The van der Waals surface area contributed by atoms with Crippen molar-refractivity contribution in [2.75, 3.05) is 0 Å². The molecule has 0 amide bonds. The fourth-order valence-electron chi connectivity index (χ4n) is 1.86. The molecule has 0 aliphatic rings. The van der Waals surface area contributed by atoms with Gasteiger partial charge in [-0.15, -0.1) is 11.3 Å². The maximum absolute atomic E-state index is 11.2. The fourth-order valence-corrected chi connectivity index (χ4v) is 3.06. The van der Waals surface area contributed by atoms with Crippen LogP contribution < -0.4 is 0 Å². The third-order valence-electron chi connectivity index (χ3n) is 2.81. The van der Waals surface area contributed by atoms with Crippen molar-refractivity contribution in [3.63, 3.8) is 0 Å². The Morgan fingerprint density at radius 1 is 1.50 bits per heavy atom. The van der Waals surface area contributed by atoms with E-state index in [2.05, 4.69) is 4.98 Å². The lowest BCUT2D eigenvalue weighted by atomic mass is 10.0. The number of hydrogen-bond acceptors (Lipinski definition) is 4. The van der Waals surface area contributed by atoms with Gasteiger partial charge in [-0.3, -0.25) is 4.79 Å². The molecular formula is C13H15NO3S.